The molecule has 0 aromatic heterocycles. The first-order chi connectivity index (χ1) is 10.8. The first kappa shape index (κ1) is 19.8. The summed E-state index contributed by atoms with van der Waals surface area (Å²) in [6.45, 7) is 6.58. The molecule has 1 rings (SSSR count). The zero-order valence-electron chi connectivity index (χ0n) is 14.3. The molecule has 0 aliphatic rings. The highest BCUT2D eigenvalue weighted by molar-refractivity contribution is 7.90. The highest BCUT2D eigenvalue weighted by Crippen LogP contribution is 2.26. The predicted octanol–water partition coefficient (Wildman–Crippen LogP) is 1.52. The molecule has 4 N–H and O–H groups in total. The molecule has 2 amide bonds. The van der Waals surface area contributed by atoms with Gasteiger partial charge in [0.2, 0.25) is 5.91 Å². The van der Waals surface area contributed by atoms with Crippen molar-refractivity contribution in [3.63, 3.8) is 0 Å². The summed E-state index contributed by atoms with van der Waals surface area (Å²) < 4.78 is 28.3. The number of anilines is 2. The van der Waals surface area contributed by atoms with Gasteiger partial charge >= 0.3 is 6.09 Å². The number of nitrogens with one attached hydrogen (secondary N) is 2. The number of hydrogen-bond donors (Lipinski definition) is 3. The molecule has 0 radical (unpaired) electrons. The molecule has 1 aromatic carbocycles. The van der Waals surface area contributed by atoms with Gasteiger partial charge in [-0.25, -0.2) is 13.2 Å². The Morgan fingerprint density at radius 3 is 2.33 bits per heavy atom. The molecule has 9 heteroatoms. The first-order valence-electron chi connectivity index (χ1n) is 7.20. The molecule has 1 aromatic rings. The molecular weight excluding hydrogens is 334 g/mol. The van der Waals surface area contributed by atoms with Crippen LogP contribution in [0.15, 0.2) is 23.1 Å². The maximum atomic E-state index is 12.1. The maximum absolute atomic E-state index is 12.1. The molecule has 0 fully saturated rings. The monoisotopic (exact) mass is 357 g/mol. The number of hydrogen-bond acceptors (Lipinski definition) is 6. The van der Waals surface area contributed by atoms with Gasteiger partial charge < -0.3 is 21.1 Å². The predicted molar refractivity (Wildman–Crippen MR) is 91.4 cm³/mol. The Morgan fingerprint density at radius 2 is 1.83 bits per heavy atom. The van der Waals surface area contributed by atoms with Gasteiger partial charge in [0.25, 0.3) is 0 Å². The van der Waals surface area contributed by atoms with Crippen molar-refractivity contribution < 1.29 is 22.7 Å². The fourth-order valence-electron chi connectivity index (χ4n) is 1.77. The molecule has 24 heavy (non-hydrogen) atoms. The second kappa shape index (κ2) is 7.08. The topological polar surface area (TPSA) is 128 Å². The van der Waals surface area contributed by atoms with Crippen molar-refractivity contribution in [2.24, 2.45) is 0 Å². The lowest BCUT2D eigenvalue weighted by Crippen LogP contribution is -2.44. The smallest absolute Gasteiger partial charge is 0.408 e. The van der Waals surface area contributed by atoms with Gasteiger partial charge in [-0.15, -0.1) is 0 Å². The molecule has 0 aliphatic heterocycles. The fraction of sp³-hybridized carbons (Fsp3) is 0.467. The van der Waals surface area contributed by atoms with Gasteiger partial charge in [0.15, 0.2) is 9.84 Å². The quantitative estimate of drug-likeness (QED) is 0.701. The summed E-state index contributed by atoms with van der Waals surface area (Å²) in [6, 6.07) is 3.39. The van der Waals surface area contributed by atoms with Gasteiger partial charge in [-0.3, -0.25) is 4.79 Å². The zero-order valence-corrected chi connectivity index (χ0v) is 15.2. The molecular formula is C15H23N3O5S. The third-order valence-corrected chi connectivity index (χ3v) is 4.00. The first-order valence-corrected chi connectivity index (χ1v) is 9.09. The van der Waals surface area contributed by atoms with Crippen LogP contribution < -0.4 is 16.4 Å². The van der Waals surface area contributed by atoms with Crippen LogP contribution in [0.4, 0.5) is 16.2 Å². The third kappa shape index (κ3) is 5.73. The summed E-state index contributed by atoms with van der Waals surface area (Å²) in [5.41, 5.74) is 5.21. The average Bonchev–Trinajstić information content (AvgIpc) is 2.37. The van der Waals surface area contributed by atoms with E-state index < -0.39 is 33.5 Å². The number of amides is 2. The van der Waals surface area contributed by atoms with Crippen LogP contribution in [-0.4, -0.2) is 38.3 Å². The van der Waals surface area contributed by atoms with Gasteiger partial charge in [-0.05, 0) is 39.8 Å². The summed E-state index contributed by atoms with van der Waals surface area (Å²) >= 11 is 0. The second-order valence-electron chi connectivity index (χ2n) is 6.35. The van der Waals surface area contributed by atoms with Crippen LogP contribution in [0.2, 0.25) is 0 Å². The third-order valence-electron chi connectivity index (χ3n) is 2.85. The van der Waals surface area contributed by atoms with Gasteiger partial charge in [-0.2, -0.15) is 0 Å². The lowest BCUT2D eigenvalue weighted by atomic mass is 10.2. The number of ether oxygens (including phenoxy) is 1. The summed E-state index contributed by atoms with van der Waals surface area (Å²) in [4.78, 5) is 23.7. The molecule has 0 unspecified atom stereocenters. The van der Waals surface area contributed by atoms with E-state index in [1.165, 1.54) is 25.1 Å². The van der Waals surface area contributed by atoms with Crippen LogP contribution in [0.3, 0.4) is 0 Å². The van der Waals surface area contributed by atoms with Crippen LogP contribution in [0.5, 0.6) is 0 Å². The summed E-state index contributed by atoms with van der Waals surface area (Å²) in [5, 5.41) is 4.88. The van der Waals surface area contributed by atoms with E-state index in [1.807, 2.05) is 0 Å². The standard InChI is InChI=1S/C15H23N3O5S/c1-9(17-14(20)23-15(2,3)4)13(19)18-10-7-6-8-11(12(10)16)24(5,21)22/h6-9H,16H2,1-5H3,(H,17,20)(H,18,19)/t9-/m0/s1. The molecule has 0 saturated heterocycles. The number of benzene rings is 1. The Hall–Kier alpha value is -2.29. The van der Waals surface area contributed by atoms with E-state index >= 15 is 0 Å². The lowest BCUT2D eigenvalue weighted by Gasteiger charge is -2.22. The number of nitrogen functional groups attached to an aromatic ring is 1. The van der Waals surface area contributed by atoms with Gasteiger partial charge in [-0.1, -0.05) is 6.07 Å². The van der Waals surface area contributed by atoms with E-state index in [2.05, 4.69) is 10.6 Å². The Bertz CT molecular complexity index is 738. The molecule has 0 bridgehead atoms. The van der Waals surface area contributed by atoms with Crippen molar-refractivity contribution in [1.29, 1.82) is 0 Å². The van der Waals surface area contributed by atoms with Crippen molar-refractivity contribution in [3.8, 4) is 0 Å². The van der Waals surface area contributed by atoms with Crippen molar-refractivity contribution in [1.82, 2.24) is 5.32 Å². The van der Waals surface area contributed by atoms with E-state index in [-0.39, 0.29) is 16.3 Å². The average molecular weight is 357 g/mol. The van der Waals surface area contributed by atoms with Gasteiger partial charge in [0.1, 0.15) is 11.6 Å². The number of alkyl carbamates (subject to hydrolysis) is 1. The number of carbonyl (C=O) groups excluding carboxylic acids is 2. The molecule has 0 heterocycles. The van der Waals surface area contributed by atoms with E-state index in [9.17, 15) is 18.0 Å². The molecule has 0 spiro atoms. The minimum Gasteiger partial charge on any atom is -0.444 e. The Labute approximate surface area is 141 Å². The van der Waals surface area contributed by atoms with Crippen molar-refractivity contribution >= 4 is 33.2 Å². The number of para-hydroxylation sites is 1. The molecule has 0 saturated carbocycles. The van der Waals surface area contributed by atoms with Crippen molar-refractivity contribution in [2.45, 2.75) is 44.2 Å². The van der Waals surface area contributed by atoms with Gasteiger partial charge in [0, 0.05) is 6.26 Å². The minimum atomic E-state index is -3.52. The normalized spacial score (nSPS) is 13.0. The summed E-state index contributed by atoms with van der Waals surface area (Å²) in [5.74, 6) is -0.557. The van der Waals surface area contributed by atoms with E-state index in [0.29, 0.717) is 0 Å². The fourth-order valence-corrected chi connectivity index (χ4v) is 2.60. The number of sulfone groups is 1. The molecule has 1 atom stereocenters. The molecule has 134 valence electrons. The van der Waals surface area contributed by atoms with Crippen LogP contribution in [0.1, 0.15) is 27.7 Å². The van der Waals surface area contributed by atoms with E-state index in [4.69, 9.17) is 10.5 Å². The Balaban J connectivity index is 2.83. The van der Waals surface area contributed by atoms with Crippen LogP contribution in [0.25, 0.3) is 0 Å². The lowest BCUT2D eigenvalue weighted by molar-refractivity contribution is -0.117. The minimum absolute atomic E-state index is 0.0576. The summed E-state index contributed by atoms with van der Waals surface area (Å²) in [7, 11) is -3.52. The largest absolute Gasteiger partial charge is 0.444 e. The zero-order chi connectivity index (χ0) is 18.7. The van der Waals surface area contributed by atoms with E-state index in [0.717, 1.165) is 6.26 Å². The second-order valence-corrected chi connectivity index (χ2v) is 8.33. The number of carbonyl (C=O) groups is 2. The van der Waals surface area contributed by atoms with Crippen LogP contribution in [0, 0.1) is 0 Å². The highest BCUT2D eigenvalue weighted by Gasteiger charge is 2.22. The summed E-state index contributed by atoms with van der Waals surface area (Å²) in [6.07, 6.45) is 0.291. The number of rotatable bonds is 4. The molecule has 8 nitrogen and oxygen atoms in total. The van der Waals surface area contributed by atoms with Crippen molar-refractivity contribution in [2.75, 3.05) is 17.3 Å². The van der Waals surface area contributed by atoms with Crippen LogP contribution >= 0.6 is 0 Å². The highest BCUT2D eigenvalue weighted by atomic mass is 32.2. The molecule has 0 aliphatic carbocycles. The van der Waals surface area contributed by atoms with Gasteiger partial charge in [0.05, 0.1) is 16.3 Å². The maximum Gasteiger partial charge on any atom is 0.408 e. The SMILES string of the molecule is C[C@H](NC(=O)OC(C)(C)C)C(=O)Nc1cccc(S(C)(=O)=O)c1N. The Kier molecular flexibility index (Phi) is 5.83. The number of nitrogens with two attached hydrogens (primary N) is 1. The van der Waals surface area contributed by atoms with Crippen molar-refractivity contribution in [3.05, 3.63) is 18.2 Å². The Morgan fingerprint density at radius 1 is 1.25 bits per heavy atom. The van der Waals surface area contributed by atoms with Crippen LogP contribution in [-0.2, 0) is 19.4 Å². The van der Waals surface area contributed by atoms with E-state index in [1.54, 1.807) is 20.8 Å².